The number of ether oxygens (including phenoxy) is 2. The molecule has 10 heteroatoms. The van der Waals surface area contributed by atoms with E-state index in [4.69, 9.17) is 25.5 Å². The van der Waals surface area contributed by atoms with Crippen molar-refractivity contribution < 1.29 is 28.6 Å². The molecule has 30 heavy (non-hydrogen) atoms. The first-order valence-corrected chi connectivity index (χ1v) is 9.59. The van der Waals surface area contributed by atoms with E-state index in [-0.39, 0.29) is 35.6 Å². The first-order valence-electron chi connectivity index (χ1n) is 9.21. The summed E-state index contributed by atoms with van der Waals surface area (Å²) in [6.07, 6.45) is 0.965. The summed E-state index contributed by atoms with van der Waals surface area (Å²) in [6, 6.07) is 6.66. The summed E-state index contributed by atoms with van der Waals surface area (Å²) in [5, 5.41) is 12.9. The first kappa shape index (κ1) is 21.4. The van der Waals surface area contributed by atoms with Gasteiger partial charge < -0.3 is 24.3 Å². The highest BCUT2D eigenvalue weighted by Crippen LogP contribution is 2.34. The van der Waals surface area contributed by atoms with Crippen molar-refractivity contribution in [3.05, 3.63) is 40.9 Å². The summed E-state index contributed by atoms with van der Waals surface area (Å²) in [6.45, 7) is 2.07. The molecule has 2 N–H and O–H groups in total. The predicted octanol–water partition coefficient (Wildman–Crippen LogP) is 4.28. The molecule has 0 saturated carbocycles. The molecule has 3 rings (SSSR count). The summed E-state index contributed by atoms with van der Waals surface area (Å²) >= 11 is 6.00. The van der Waals surface area contributed by atoms with Gasteiger partial charge in [-0.25, -0.2) is 19.6 Å². The lowest BCUT2D eigenvalue weighted by atomic mass is 10.1. The van der Waals surface area contributed by atoms with Crippen molar-refractivity contribution in [3.63, 3.8) is 0 Å². The van der Waals surface area contributed by atoms with E-state index in [0.29, 0.717) is 22.2 Å². The van der Waals surface area contributed by atoms with Gasteiger partial charge in [0.25, 0.3) is 0 Å². The molecule has 0 saturated heterocycles. The quantitative estimate of drug-likeness (QED) is 0.398. The van der Waals surface area contributed by atoms with Crippen LogP contribution in [0.2, 0.25) is 5.15 Å². The number of aromatic carboxylic acids is 1. The maximum absolute atomic E-state index is 11.7. The number of carbonyl (C=O) groups excluding carboxylic acids is 1. The molecule has 2 heterocycles. The second-order valence-electron chi connectivity index (χ2n) is 6.28. The normalized spacial score (nSPS) is 10.8. The first-order chi connectivity index (χ1) is 14.4. The number of carboxylic acids is 1. The van der Waals surface area contributed by atoms with Gasteiger partial charge in [-0.05, 0) is 30.7 Å². The van der Waals surface area contributed by atoms with Crippen LogP contribution in [-0.2, 0) is 11.3 Å². The molecule has 2 aromatic heterocycles. The number of hydrogen-bond acceptors (Lipinski definition) is 7. The Morgan fingerprint density at radius 2 is 2.03 bits per heavy atom. The molecule has 0 unspecified atom stereocenters. The number of pyridine rings is 1. The third-order valence-corrected chi connectivity index (χ3v) is 4.47. The highest BCUT2D eigenvalue weighted by molar-refractivity contribution is 6.30. The second kappa shape index (κ2) is 9.45. The summed E-state index contributed by atoms with van der Waals surface area (Å²) in [5.41, 5.74) is 0.690. The number of rotatable bonds is 8. The van der Waals surface area contributed by atoms with Gasteiger partial charge in [-0.3, -0.25) is 0 Å². The zero-order valence-corrected chi connectivity index (χ0v) is 17.2. The standard InChI is InChI=1S/C20H20ClN3O6/c1-3-4-9-29-20(27)22-10-14-17(19(25)26)24-18(30-14)12-5-7-13(28-2)16-11(12)6-8-15(21)23-16/h5-8H,3-4,9-10H2,1-2H3,(H,22,27)(H,25,26). The lowest BCUT2D eigenvalue weighted by Gasteiger charge is -2.08. The number of nitrogens with zero attached hydrogens (tertiary/aromatic N) is 2. The van der Waals surface area contributed by atoms with Crippen LogP contribution >= 0.6 is 11.6 Å². The van der Waals surface area contributed by atoms with E-state index < -0.39 is 12.1 Å². The van der Waals surface area contributed by atoms with Crippen LogP contribution < -0.4 is 10.1 Å². The number of hydrogen-bond donors (Lipinski definition) is 2. The fraction of sp³-hybridized carbons (Fsp3) is 0.300. The van der Waals surface area contributed by atoms with Crippen LogP contribution in [0.4, 0.5) is 4.79 Å². The SMILES string of the molecule is CCCCOC(=O)NCc1oc(-c2ccc(OC)c3nc(Cl)ccc23)nc1C(=O)O. The molecule has 0 atom stereocenters. The second-order valence-corrected chi connectivity index (χ2v) is 6.67. The maximum atomic E-state index is 11.7. The van der Waals surface area contributed by atoms with Crippen molar-refractivity contribution in [2.24, 2.45) is 0 Å². The number of carboxylic acid groups (broad SMARTS) is 1. The molecular weight excluding hydrogens is 414 g/mol. The van der Waals surface area contributed by atoms with Crippen molar-refractivity contribution in [1.29, 1.82) is 0 Å². The van der Waals surface area contributed by atoms with Gasteiger partial charge in [-0.2, -0.15) is 0 Å². The fourth-order valence-electron chi connectivity index (χ4n) is 2.79. The van der Waals surface area contributed by atoms with Gasteiger partial charge in [0.2, 0.25) is 5.89 Å². The third-order valence-electron chi connectivity index (χ3n) is 4.26. The number of fused-ring (bicyclic) bond motifs is 1. The van der Waals surface area contributed by atoms with E-state index in [0.717, 1.165) is 12.8 Å². The Kier molecular flexibility index (Phi) is 6.73. The van der Waals surface area contributed by atoms with Crippen molar-refractivity contribution >= 4 is 34.6 Å². The van der Waals surface area contributed by atoms with Crippen molar-refractivity contribution in [2.45, 2.75) is 26.3 Å². The minimum atomic E-state index is -1.28. The van der Waals surface area contributed by atoms with Gasteiger partial charge in [0.05, 0.1) is 20.3 Å². The van der Waals surface area contributed by atoms with Crippen LogP contribution in [0, 0.1) is 0 Å². The van der Waals surface area contributed by atoms with Crippen LogP contribution in [0.1, 0.15) is 36.0 Å². The van der Waals surface area contributed by atoms with Crippen LogP contribution in [0.15, 0.2) is 28.7 Å². The molecule has 0 fully saturated rings. The topological polar surface area (TPSA) is 124 Å². The molecule has 0 aliphatic rings. The molecule has 1 amide bonds. The van der Waals surface area contributed by atoms with Gasteiger partial charge in [-0.1, -0.05) is 24.9 Å². The number of carbonyl (C=O) groups is 2. The minimum Gasteiger partial charge on any atom is -0.494 e. The van der Waals surface area contributed by atoms with Crippen molar-refractivity contribution in [3.8, 4) is 17.2 Å². The molecule has 0 aliphatic heterocycles. The average molecular weight is 434 g/mol. The smallest absolute Gasteiger partial charge is 0.407 e. The number of unbranched alkanes of at least 4 members (excludes halogenated alkanes) is 1. The molecule has 158 valence electrons. The number of aromatic nitrogens is 2. The Hall–Kier alpha value is -3.33. The van der Waals surface area contributed by atoms with Gasteiger partial charge in [0.15, 0.2) is 11.5 Å². The van der Waals surface area contributed by atoms with Gasteiger partial charge in [-0.15, -0.1) is 0 Å². The molecule has 9 nitrogen and oxygen atoms in total. The molecule has 0 bridgehead atoms. The number of amides is 1. The van der Waals surface area contributed by atoms with Gasteiger partial charge in [0, 0.05) is 10.9 Å². The zero-order chi connectivity index (χ0) is 21.7. The van der Waals surface area contributed by atoms with Crippen molar-refractivity contribution in [1.82, 2.24) is 15.3 Å². The van der Waals surface area contributed by atoms with Gasteiger partial charge >= 0.3 is 12.1 Å². The van der Waals surface area contributed by atoms with E-state index in [1.54, 1.807) is 24.3 Å². The Balaban J connectivity index is 1.93. The fourth-order valence-corrected chi connectivity index (χ4v) is 2.93. The highest BCUT2D eigenvalue weighted by atomic mass is 35.5. The monoisotopic (exact) mass is 433 g/mol. The Morgan fingerprint density at radius 1 is 1.23 bits per heavy atom. The molecule has 0 aliphatic carbocycles. The number of nitrogens with one attached hydrogen (secondary N) is 1. The molecule has 3 aromatic rings. The zero-order valence-electron chi connectivity index (χ0n) is 16.4. The summed E-state index contributed by atoms with van der Waals surface area (Å²) in [4.78, 5) is 31.7. The van der Waals surface area contributed by atoms with Crippen LogP contribution in [0.25, 0.3) is 22.4 Å². The summed E-state index contributed by atoms with van der Waals surface area (Å²) < 4.78 is 16.0. The molecule has 1 aromatic carbocycles. The van der Waals surface area contributed by atoms with E-state index in [1.807, 2.05) is 6.92 Å². The lowest BCUT2D eigenvalue weighted by molar-refractivity contribution is 0.0688. The van der Waals surface area contributed by atoms with E-state index in [1.165, 1.54) is 7.11 Å². The molecule has 0 radical (unpaired) electrons. The van der Waals surface area contributed by atoms with Gasteiger partial charge in [0.1, 0.15) is 16.4 Å². The largest absolute Gasteiger partial charge is 0.494 e. The number of methoxy groups -OCH3 is 1. The number of halogens is 1. The number of oxazole rings is 1. The molecular formula is C20H20ClN3O6. The molecule has 0 spiro atoms. The average Bonchev–Trinajstić information content (AvgIpc) is 3.16. The Bertz CT molecular complexity index is 1080. The number of alkyl carbamates (subject to hydrolysis) is 1. The summed E-state index contributed by atoms with van der Waals surface area (Å²) in [7, 11) is 1.51. The highest BCUT2D eigenvalue weighted by Gasteiger charge is 2.23. The van der Waals surface area contributed by atoms with Crippen LogP contribution in [0.3, 0.4) is 0 Å². The maximum Gasteiger partial charge on any atom is 0.407 e. The Morgan fingerprint density at radius 3 is 2.73 bits per heavy atom. The van der Waals surface area contributed by atoms with Crippen LogP contribution in [0.5, 0.6) is 5.75 Å². The van der Waals surface area contributed by atoms with E-state index >= 15 is 0 Å². The third kappa shape index (κ3) is 4.62. The van der Waals surface area contributed by atoms with Crippen LogP contribution in [-0.4, -0.2) is 40.9 Å². The Labute approximate surface area is 177 Å². The summed E-state index contributed by atoms with van der Waals surface area (Å²) in [5.74, 6) is -0.714. The predicted molar refractivity (Wildman–Crippen MR) is 109 cm³/mol. The van der Waals surface area contributed by atoms with E-state index in [9.17, 15) is 14.7 Å². The lowest BCUT2D eigenvalue weighted by Crippen LogP contribution is -2.24. The minimum absolute atomic E-state index is 0.00386. The van der Waals surface area contributed by atoms with E-state index in [2.05, 4.69) is 15.3 Å². The van der Waals surface area contributed by atoms with Crippen molar-refractivity contribution in [2.75, 3.05) is 13.7 Å². The number of benzene rings is 1.